The van der Waals surface area contributed by atoms with E-state index in [0.29, 0.717) is 11.4 Å². The Balaban J connectivity index is 1.75. The van der Waals surface area contributed by atoms with Crippen LogP contribution >= 0.6 is 11.3 Å². The van der Waals surface area contributed by atoms with Gasteiger partial charge in [0.2, 0.25) is 15.9 Å². The zero-order chi connectivity index (χ0) is 14.6. The van der Waals surface area contributed by atoms with E-state index in [0.717, 1.165) is 23.7 Å². The Morgan fingerprint density at radius 2 is 2.05 bits per heavy atom. The molecule has 0 spiro atoms. The van der Waals surface area contributed by atoms with Crippen LogP contribution < -0.4 is 10.5 Å². The first-order valence-electron chi connectivity index (χ1n) is 6.83. The van der Waals surface area contributed by atoms with Crippen LogP contribution in [0, 0.1) is 5.92 Å². The summed E-state index contributed by atoms with van der Waals surface area (Å²) < 4.78 is 22.4. The van der Waals surface area contributed by atoms with Crippen LogP contribution in [-0.4, -0.2) is 20.9 Å². The molecule has 5 nitrogen and oxygen atoms in total. The summed E-state index contributed by atoms with van der Waals surface area (Å²) in [6, 6.07) is 3.09. The summed E-state index contributed by atoms with van der Waals surface area (Å²) in [5, 5.41) is 7.93. The van der Waals surface area contributed by atoms with Crippen LogP contribution in [0.5, 0.6) is 0 Å². The zero-order valence-electron chi connectivity index (χ0n) is 11.3. The topological polar surface area (TPSA) is 89.3 Å². The molecule has 1 amide bonds. The minimum Gasteiger partial charge on any atom is -0.356 e. The van der Waals surface area contributed by atoms with Gasteiger partial charge in [0.15, 0.2) is 0 Å². The summed E-state index contributed by atoms with van der Waals surface area (Å²) in [5.41, 5.74) is 0. The second kappa shape index (κ2) is 6.69. The molecule has 0 atom stereocenters. The van der Waals surface area contributed by atoms with Crippen LogP contribution in [0.4, 0.5) is 0 Å². The minimum atomic E-state index is -3.66. The van der Waals surface area contributed by atoms with E-state index in [1.807, 2.05) is 0 Å². The molecule has 1 fully saturated rings. The lowest BCUT2D eigenvalue weighted by Crippen LogP contribution is -2.26. The van der Waals surface area contributed by atoms with Crippen molar-refractivity contribution in [1.82, 2.24) is 5.32 Å². The molecule has 1 saturated carbocycles. The fourth-order valence-electron chi connectivity index (χ4n) is 2.54. The van der Waals surface area contributed by atoms with Gasteiger partial charge in [-0.2, -0.15) is 0 Å². The lowest BCUT2D eigenvalue weighted by Gasteiger charge is -2.09. The maximum atomic E-state index is 11.8. The Bertz CT molecular complexity index is 560. The van der Waals surface area contributed by atoms with Crippen LogP contribution in [-0.2, 0) is 21.2 Å². The number of rotatable bonds is 6. The number of nitrogens with one attached hydrogen (secondary N) is 1. The monoisotopic (exact) mass is 316 g/mol. The van der Waals surface area contributed by atoms with Gasteiger partial charge in [0.05, 0.1) is 6.42 Å². The van der Waals surface area contributed by atoms with Crippen LogP contribution in [0.15, 0.2) is 16.3 Å². The Morgan fingerprint density at radius 1 is 1.35 bits per heavy atom. The van der Waals surface area contributed by atoms with Crippen LogP contribution in [0.1, 0.15) is 37.0 Å². The maximum absolute atomic E-state index is 11.8. The van der Waals surface area contributed by atoms with Gasteiger partial charge in [0.25, 0.3) is 0 Å². The van der Waals surface area contributed by atoms with E-state index in [4.69, 9.17) is 5.14 Å². The fourth-order valence-corrected chi connectivity index (χ4v) is 4.32. The van der Waals surface area contributed by atoms with Crippen LogP contribution in [0.2, 0.25) is 0 Å². The Hall–Kier alpha value is -0.920. The minimum absolute atomic E-state index is 0.0641. The first-order valence-corrected chi connectivity index (χ1v) is 9.19. The fraction of sp³-hybridized carbons (Fsp3) is 0.615. The number of carbonyl (C=O) groups excluding carboxylic acids is 1. The van der Waals surface area contributed by atoms with Gasteiger partial charge >= 0.3 is 0 Å². The predicted octanol–water partition coefficient (Wildman–Crippen LogP) is 1.63. The molecular formula is C13H20N2O3S2. The zero-order valence-corrected chi connectivity index (χ0v) is 12.9. The van der Waals surface area contributed by atoms with Crippen molar-refractivity contribution in [1.29, 1.82) is 0 Å². The average Bonchev–Trinajstić information content (AvgIpc) is 2.98. The van der Waals surface area contributed by atoms with Gasteiger partial charge in [-0.25, -0.2) is 13.6 Å². The molecule has 1 aliphatic rings. The number of nitrogens with two attached hydrogens (primary N) is 1. The molecule has 1 aromatic rings. The number of primary sulfonamides is 1. The van der Waals surface area contributed by atoms with Crippen LogP contribution in [0.25, 0.3) is 0 Å². The molecule has 0 radical (unpaired) electrons. The van der Waals surface area contributed by atoms with E-state index in [2.05, 4.69) is 5.32 Å². The quantitative estimate of drug-likeness (QED) is 0.836. The van der Waals surface area contributed by atoms with E-state index < -0.39 is 10.0 Å². The van der Waals surface area contributed by atoms with Gasteiger partial charge in [-0.1, -0.05) is 25.7 Å². The third-order valence-corrected chi connectivity index (χ3v) is 6.13. The van der Waals surface area contributed by atoms with E-state index in [1.54, 1.807) is 6.07 Å². The summed E-state index contributed by atoms with van der Waals surface area (Å²) >= 11 is 1.05. The molecule has 0 aliphatic heterocycles. The molecule has 0 saturated heterocycles. The summed E-state index contributed by atoms with van der Waals surface area (Å²) in [7, 11) is -3.66. The maximum Gasteiger partial charge on any atom is 0.247 e. The summed E-state index contributed by atoms with van der Waals surface area (Å²) in [6.07, 6.45) is 6.43. The van der Waals surface area contributed by atoms with E-state index >= 15 is 0 Å². The second-order valence-corrected chi connectivity index (χ2v) is 8.19. The van der Waals surface area contributed by atoms with E-state index in [-0.39, 0.29) is 16.5 Å². The molecule has 3 N–H and O–H groups in total. The second-order valence-electron chi connectivity index (χ2n) is 5.23. The van der Waals surface area contributed by atoms with Crippen molar-refractivity contribution >= 4 is 27.3 Å². The number of carbonyl (C=O) groups is 1. The molecule has 20 heavy (non-hydrogen) atoms. The molecule has 1 heterocycles. The molecule has 0 unspecified atom stereocenters. The largest absolute Gasteiger partial charge is 0.356 e. The molecule has 112 valence electrons. The first kappa shape index (κ1) is 15.5. The lowest BCUT2D eigenvalue weighted by molar-refractivity contribution is -0.120. The third kappa shape index (κ3) is 4.57. The molecule has 2 rings (SSSR count). The number of sulfonamides is 1. The number of hydrogen-bond donors (Lipinski definition) is 2. The van der Waals surface area contributed by atoms with Crippen molar-refractivity contribution in [3.05, 3.63) is 17.0 Å². The molecule has 7 heteroatoms. The summed E-state index contributed by atoms with van der Waals surface area (Å²) in [5.74, 6) is 0.692. The summed E-state index contributed by atoms with van der Waals surface area (Å²) in [6.45, 7) is 0.705. The SMILES string of the molecule is NS(=O)(=O)c1ccc(CC(=O)NCCC2CCCC2)s1. The smallest absolute Gasteiger partial charge is 0.247 e. The Kier molecular flexibility index (Phi) is 5.17. The van der Waals surface area contributed by atoms with Gasteiger partial charge in [0, 0.05) is 11.4 Å². The first-order chi connectivity index (χ1) is 9.45. The predicted molar refractivity (Wildman–Crippen MR) is 79.0 cm³/mol. The van der Waals surface area contributed by atoms with Crippen molar-refractivity contribution in [2.45, 2.75) is 42.7 Å². The standard InChI is InChI=1S/C13H20N2O3S2/c14-20(17,18)13-6-5-11(19-13)9-12(16)15-8-7-10-3-1-2-4-10/h5-6,10H,1-4,7-9H2,(H,15,16)(H2,14,17,18). The van der Waals surface area contributed by atoms with Crippen molar-refractivity contribution in [2.24, 2.45) is 11.1 Å². The normalized spacial score (nSPS) is 16.4. The Morgan fingerprint density at radius 3 is 2.65 bits per heavy atom. The van der Waals surface area contributed by atoms with Gasteiger partial charge < -0.3 is 5.32 Å². The highest BCUT2D eigenvalue weighted by Gasteiger charge is 2.16. The van der Waals surface area contributed by atoms with Crippen molar-refractivity contribution in [2.75, 3.05) is 6.54 Å². The number of amides is 1. The Labute approximate surface area is 123 Å². The molecular weight excluding hydrogens is 296 g/mol. The highest BCUT2D eigenvalue weighted by atomic mass is 32.2. The van der Waals surface area contributed by atoms with Crippen molar-refractivity contribution in [3.63, 3.8) is 0 Å². The van der Waals surface area contributed by atoms with Crippen molar-refractivity contribution in [3.8, 4) is 0 Å². The highest BCUT2D eigenvalue weighted by Crippen LogP contribution is 2.27. The number of thiophene rings is 1. The highest BCUT2D eigenvalue weighted by molar-refractivity contribution is 7.91. The lowest BCUT2D eigenvalue weighted by atomic mass is 10.0. The van der Waals surface area contributed by atoms with Gasteiger partial charge in [0.1, 0.15) is 4.21 Å². The molecule has 0 bridgehead atoms. The van der Waals surface area contributed by atoms with Gasteiger partial charge in [-0.05, 0) is 24.5 Å². The molecule has 0 aromatic carbocycles. The summed E-state index contributed by atoms with van der Waals surface area (Å²) in [4.78, 5) is 12.5. The molecule has 1 aromatic heterocycles. The number of hydrogen-bond acceptors (Lipinski definition) is 4. The van der Waals surface area contributed by atoms with E-state index in [1.165, 1.54) is 31.7 Å². The van der Waals surface area contributed by atoms with E-state index in [9.17, 15) is 13.2 Å². The van der Waals surface area contributed by atoms with Gasteiger partial charge in [-0.3, -0.25) is 4.79 Å². The van der Waals surface area contributed by atoms with Gasteiger partial charge in [-0.15, -0.1) is 11.3 Å². The van der Waals surface area contributed by atoms with Crippen molar-refractivity contribution < 1.29 is 13.2 Å². The average molecular weight is 316 g/mol. The molecule has 1 aliphatic carbocycles. The third-order valence-electron chi connectivity index (χ3n) is 3.60. The van der Waals surface area contributed by atoms with Crippen LogP contribution in [0.3, 0.4) is 0 Å².